The molecule has 0 bridgehead atoms. The number of nitrogens with one attached hydrogen (secondary N) is 1. The van der Waals surface area contributed by atoms with Crippen molar-refractivity contribution in [1.29, 1.82) is 0 Å². The number of alkyl halides is 3. The Morgan fingerprint density at radius 1 is 1.12 bits per heavy atom. The van der Waals surface area contributed by atoms with Gasteiger partial charge in [0.25, 0.3) is 5.91 Å². The van der Waals surface area contributed by atoms with Gasteiger partial charge in [-0.2, -0.15) is 18.3 Å². The molecule has 0 aliphatic heterocycles. The van der Waals surface area contributed by atoms with Crippen molar-refractivity contribution in [3.05, 3.63) is 53.1 Å². The van der Waals surface area contributed by atoms with Gasteiger partial charge in [-0.1, -0.05) is 6.07 Å². The van der Waals surface area contributed by atoms with Crippen molar-refractivity contribution < 1.29 is 33.3 Å². The Morgan fingerprint density at radius 3 is 2.50 bits per heavy atom. The number of carbonyl (C=O) groups is 1. The molecule has 0 radical (unpaired) electrons. The summed E-state index contributed by atoms with van der Waals surface area (Å²) in [5.41, 5.74) is 0.644. The standard InChI is InChI=1S/C15H11F3N2O4/c16-15(17,18)10-3-1-2-8(4-10)14(24)20-19-7-9-5-11(21)6-12(22)13(9)23/h1-7,21-23H,(H,20,24)/b19-7-. The van der Waals surface area contributed by atoms with E-state index in [1.807, 2.05) is 5.43 Å². The number of phenols is 3. The molecule has 24 heavy (non-hydrogen) atoms. The van der Waals surface area contributed by atoms with Crippen LogP contribution in [0.25, 0.3) is 0 Å². The molecule has 0 heterocycles. The maximum Gasteiger partial charge on any atom is 0.416 e. The summed E-state index contributed by atoms with van der Waals surface area (Å²) < 4.78 is 37.8. The highest BCUT2D eigenvalue weighted by Gasteiger charge is 2.30. The van der Waals surface area contributed by atoms with Gasteiger partial charge >= 0.3 is 6.18 Å². The van der Waals surface area contributed by atoms with Crippen molar-refractivity contribution >= 4 is 12.1 Å². The normalized spacial score (nSPS) is 11.6. The minimum atomic E-state index is -4.58. The van der Waals surface area contributed by atoms with Crippen LogP contribution in [-0.4, -0.2) is 27.4 Å². The lowest BCUT2D eigenvalue weighted by Gasteiger charge is -2.07. The number of nitrogens with zero attached hydrogens (tertiary/aromatic N) is 1. The number of phenolic OH excluding ortho intramolecular Hbond substituents is 3. The Bertz CT molecular complexity index is 804. The highest BCUT2D eigenvalue weighted by atomic mass is 19.4. The predicted octanol–water partition coefficient (Wildman–Crippen LogP) is 2.59. The largest absolute Gasteiger partial charge is 0.508 e. The molecule has 1 amide bonds. The van der Waals surface area contributed by atoms with Crippen LogP contribution in [-0.2, 0) is 6.18 Å². The second-order valence-corrected chi connectivity index (χ2v) is 4.68. The van der Waals surface area contributed by atoms with Crippen molar-refractivity contribution in [2.24, 2.45) is 5.10 Å². The van der Waals surface area contributed by atoms with Crippen LogP contribution in [0.3, 0.4) is 0 Å². The van der Waals surface area contributed by atoms with Crippen molar-refractivity contribution in [3.8, 4) is 17.2 Å². The summed E-state index contributed by atoms with van der Waals surface area (Å²) in [6, 6.07) is 5.72. The van der Waals surface area contributed by atoms with Crippen molar-refractivity contribution in [2.45, 2.75) is 6.18 Å². The molecular weight excluding hydrogens is 329 g/mol. The van der Waals surface area contributed by atoms with E-state index in [-0.39, 0.29) is 16.9 Å². The Labute approximate surface area is 133 Å². The maximum absolute atomic E-state index is 12.6. The summed E-state index contributed by atoms with van der Waals surface area (Å²) in [5.74, 6) is -2.43. The molecular formula is C15H11F3N2O4. The van der Waals surface area contributed by atoms with Crippen LogP contribution in [0.5, 0.6) is 17.2 Å². The molecule has 0 aliphatic carbocycles. The molecule has 2 aromatic carbocycles. The van der Waals surface area contributed by atoms with Crippen LogP contribution in [0.2, 0.25) is 0 Å². The molecule has 0 spiro atoms. The van der Waals surface area contributed by atoms with E-state index < -0.39 is 29.1 Å². The van der Waals surface area contributed by atoms with E-state index in [1.54, 1.807) is 0 Å². The SMILES string of the molecule is O=C(N/N=C\c1cc(O)cc(O)c1O)c1cccc(C(F)(F)F)c1. The van der Waals surface area contributed by atoms with Crippen molar-refractivity contribution in [3.63, 3.8) is 0 Å². The highest BCUT2D eigenvalue weighted by Crippen LogP contribution is 2.32. The molecule has 0 saturated carbocycles. The summed E-state index contributed by atoms with van der Waals surface area (Å²) in [6.45, 7) is 0. The first kappa shape index (κ1) is 17.1. The number of aromatic hydroxyl groups is 3. The van der Waals surface area contributed by atoms with Gasteiger partial charge in [0.15, 0.2) is 11.5 Å². The minimum absolute atomic E-state index is 0.100. The van der Waals surface area contributed by atoms with E-state index >= 15 is 0 Å². The van der Waals surface area contributed by atoms with Gasteiger partial charge in [-0.15, -0.1) is 0 Å². The number of hydrogen-bond acceptors (Lipinski definition) is 5. The minimum Gasteiger partial charge on any atom is -0.508 e. The molecule has 0 fully saturated rings. The van der Waals surface area contributed by atoms with E-state index in [9.17, 15) is 33.3 Å². The van der Waals surface area contributed by atoms with Gasteiger partial charge < -0.3 is 15.3 Å². The third kappa shape index (κ3) is 3.94. The summed E-state index contributed by atoms with van der Waals surface area (Å²) in [4.78, 5) is 11.8. The van der Waals surface area contributed by atoms with Gasteiger partial charge in [0.05, 0.1) is 11.8 Å². The van der Waals surface area contributed by atoms with Crippen molar-refractivity contribution in [2.75, 3.05) is 0 Å². The van der Waals surface area contributed by atoms with E-state index in [0.29, 0.717) is 6.07 Å². The number of hydrazone groups is 1. The van der Waals surface area contributed by atoms with Crippen LogP contribution >= 0.6 is 0 Å². The zero-order chi connectivity index (χ0) is 17.9. The molecule has 2 aromatic rings. The average molecular weight is 340 g/mol. The fraction of sp³-hybridized carbons (Fsp3) is 0.0667. The first-order valence-corrected chi connectivity index (χ1v) is 6.44. The lowest BCUT2D eigenvalue weighted by atomic mass is 10.1. The summed E-state index contributed by atoms with van der Waals surface area (Å²) in [5, 5.41) is 31.6. The Morgan fingerprint density at radius 2 is 1.83 bits per heavy atom. The molecule has 6 nitrogen and oxygen atoms in total. The van der Waals surface area contributed by atoms with E-state index in [1.165, 1.54) is 6.07 Å². The Kier molecular flexibility index (Phi) is 4.63. The summed E-state index contributed by atoms with van der Waals surface area (Å²) in [6.07, 6.45) is -3.66. The summed E-state index contributed by atoms with van der Waals surface area (Å²) in [7, 11) is 0. The van der Waals surface area contributed by atoms with Gasteiger partial charge in [0.2, 0.25) is 0 Å². The average Bonchev–Trinajstić information content (AvgIpc) is 2.51. The fourth-order valence-electron chi connectivity index (χ4n) is 1.79. The molecule has 9 heteroatoms. The maximum atomic E-state index is 12.6. The van der Waals surface area contributed by atoms with E-state index in [0.717, 1.165) is 30.5 Å². The van der Waals surface area contributed by atoms with Crippen LogP contribution in [0.1, 0.15) is 21.5 Å². The molecule has 0 aliphatic rings. The van der Waals surface area contributed by atoms with Crippen LogP contribution in [0.15, 0.2) is 41.5 Å². The third-order valence-electron chi connectivity index (χ3n) is 2.93. The van der Waals surface area contributed by atoms with E-state index in [4.69, 9.17) is 0 Å². The van der Waals surface area contributed by atoms with Crippen LogP contribution in [0, 0.1) is 0 Å². The van der Waals surface area contributed by atoms with Gasteiger partial charge in [-0.25, -0.2) is 5.43 Å². The predicted molar refractivity (Wildman–Crippen MR) is 77.9 cm³/mol. The Hall–Kier alpha value is -3.23. The van der Waals surface area contributed by atoms with Gasteiger partial charge in [0, 0.05) is 17.2 Å². The van der Waals surface area contributed by atoms with Crippen LogP contribution < -0.4 is 5.43 Å². The molecule has 2 rings (SSSR count). The lowest BCUT2D eigenvalue weighted by molar-refractivity contribution is -0.137. The number of halogens is 3. The molecule has 126 valence electrons. The molecule has 0 aromatic heterocycles. The number of hydrogen-bond donors (Lipinski definition) is 4. The zero-order valence-electron chi connectivity index (χ0n) is 11.9. The van der Waals surface area contributed by atoms with Crippen LogP contribution in [0.4, 0.5) is 13.2 Å². The Balaban J connectivity index is 2.14. The molecule has 0 unspecified atom stereocenters. The van der Waals surface area contributed by atoms with Gasteiger partial charge in [0.1, 0.15) is 5.75 Å². The van der Waals surface area contributed by atoms with E-state index in [2.05, 4.69) is 5.10 Å². The van der Waals surface area contributed by atoms with Gasteiger partial charge in [-0.05, 0) is 24.3 Å². The molecule has 0 saturated heterocycles. The second kappa shape index (κ2) is 6.49. The first-order valence-electron chi connectivity index (χ1n) is 6.44. The summed E-state index contributed by atoms with van der Waals surface area (Å²) >= 11 is 0. The number of carbonyl (C=O) groups excluding carboxylic acids is 1. The second-order valence-electron chi connectivity index (χ2n) is 4.68. The molecule has 0 atom stereocenters. The van der Waals surface area contributed by atoms with Crippen molar-refractivity contribution in [1.82, 2.24) is 5.43 Å². The van der Waals surface area contributed by atoms with Gasteiger partial charge in [-0.3, -0.25) is 4.79 Å². The molecule has 4 N–H and O–H groups in total. The topological polar surface area (TPSA) is 102 Å². The third-order valence-corrected chi connectivity index (χ3v) is 2.93. The number of benzene rings is 2. The lowest BCUT2D eigenvalue weighted by Crippen LogP contribution is -2.18. The zero-order valence-corrected chi connectivity index (χ0v) is 11.9. The number of rotatable bonds is 3. The smallest absolute Gasteiger partial charge is 0.416 e. The number of amides is 1. The quantitative estimate of drug-likeness (QED) is 0.298. The highest BCUT2D eigenvalue weighted by molar-refractivity contribution is 5.95. The first-order chi connectivity index (χ1) is 11.2. The fourth-order valence-corrected chi connectivity index (χ4v) is 1.79. The monoisotopic (exact) mass is 340 g/mol.